The summed E-state index contributed by atoms with van der Waals surface area (Å²) in [5, 5.41) is 9.48. The normalized spacial score (nSPS) is 13.2. The van der Waals surface area contributed by atoms with Gasteiger partial charge in [-0.05, 0) is 52.0 Å². The first kappa shape index (κ1) is 16.5. The van der Waals surface area contributed by atoms with E-state index in [1.807, 2.05) is 24.3 Å². The molecule has 1 amide bonds. The summed E-state index contributed by atoms with van der Waals surface area (Å²) in [6, 6.07) is 7.62. The van der Waals surface area contributed by atoms with Crippen molar-refractivity contribution in [1.29, 1.82) is 0 Å². The lowest BCUT2D eigenvalue weighted by molar-refractivity contribution is -0.351. The molecule has 0 spiro atoms. The van der Waals surface area contributed by atoms with E-state index in [1.54, 1.807) is 27.7 Å². The van der Waals surface area contributed by atoms with Crippen molar-refractivity contribution in [2.75, 3.05) is 0 Å². The Morgan fingerprint density at radius 2 is 1.89 bits per heavy atom. The summed E-state index contributed by atoms with van der Waals surface area (Å²) in [5.74, 6) is -0.483. The van der Waals surface area contributed by atoms with Crippen molar-refractivity contribution in [3.63, 3.8) is 0 Å². The van der Waals surface area contributed by atoms with Gasteiger partial charge in [-0.2, -0.15) is 0 Å². The summed E-state index contributed by atoms with van der Waals surface area (Å²) < 4.78 is 0.982. The Morgan fingerprint density at radius 3 is 2.37 bits per heavy atom. The minimum Gasteiger partial charge on any atom is -0.269 e. The van der Waals surface area contributed by atoms with Gasteiger partial charge in [-0.15, -0.1) is 11.8 Å². The number of rotatable bonds is 4. The number of hydrogen-bond acceptors (Lipinski definition) is 4. The second-order valence-electron chi connectivity index (χ2n) is 5.03. The molecule has 1 aromatic rings. The lowest BCUT2D eigenvalue weighted by Crippen LogP contribution is -2.39. The van der Waals surface area contributed by atoms with E-state index in [-0.39, 0.29) is 0 Å². The summed E-state index contributed by atoms with van der Waals surface area (Å²) in [5.41, 5.74) is -0.619. The van der Waals surface area contributed by atoms with Crippen molar-refractivity contribution in [2.45, 2.75) is 43.4 Å². The minimum atomic E-state index is -0.619. The average Bonchev–Trinajstić information content (AvgIpc) is 2.28. The number of halogens is 1. The Labute approximate surface area is 126 Å². The predicted molar refractivity (Wildman–Crippen MR) is 78.9 cm³/mol. The van der Waals surface area contributed by atoms with Gasteiger partial charge in [-0.3, -0.25) is 10.0 Å². The number of hydrogen-bond donors (Lipinski definition) is 1. The lowest BCUT2D eigenvalue weighted by Gasteiger charge is -2.25. The van der Waals surface area contributed by atoms with Crippen LogP contribution in [0.25, 0.3) is 0 Å². The molecule has 0 fully saturated rings. The fourth-order valence-corrected chi connectivity index (χ4v) is 2.38. The molecule has 0 saturated carbocycles. The average molecular weight is 348 g/mol. The van der Waals surface area contributed by atoms with Crippen molar-refractivity contribution in [2.24, 2.45) is 0 Å². The third-order valence-corrected chi connectivity index (χ3v) is 3.65. The zero-order valence-electron chi connectivity index (χ0n) is 11.4. The Kier molecular flexibility index (Phi) is 5.85. The Hall–Kier alpha value is -0.560. The van der Waals surface area contributed by atoms with Crippen LogP contribution >= 0.6 is 27.7 Å². The fraction of sp³-hybridized carbons (Fsp3) is 0.462. The first-order chi connectivity index (χ1) is 8.69. The summed E-state index contributed by atoms with van der Waals surface area (Å²) >= 11 is 4.72. The van der Waals surface area contributed by atoms with Gasteiger partial charge >= 0.3 is 0 Å². The molecule has 0 heterocycles. The molecular formula is C13H18BrNO3S. The zero-order valence-corrected chi connectivity index (χ0v) is 13.8. The minimum absolute atomic E-state index is 0.330. The number of benzene rings is 1. The van der Waals surface area contributed by atoms with Crippen molar-refractivity contribution in [1.82, 2.24) is 5.23 Å². The second kappa shape index (κ2) is 6.74. The number of carbonyl (C=O) groups is 1. The summed E-state index contributed by atoms with van der Waals surface area (Å²) in [6.45, 7) is 7.01. The highest BCUT2D eigenvalue weighted by Gasteiger charge is 2.25. The number of amides is 1. The number of carbonyl (C=O) groups excluding carboxylic acids is 1. The fourth-order valence-electron chi connectivity index (χ4n) is 1.23. The Bertz CT molecular complexity index is 431. The van der Waals surface area contributed by atoms with E-state index in [1.165, 1.54) is 11.8 Å². The molecule has 0 aromatic heterocycles. The van der Waals surface area contributed by atoms with Crippen LogP contribution in [0.4, 0.5) is 0 Å². The van der Waals surface area contributed by atoms with Crippen LogP contribution in [-0.4, -0.2) is 27.2 Å². The molecular weight excluding hydrogens is 330 g/mol. The maximum atomic E-state index is 11.9. The maximum absolute atomic E-state index is 11.9. The van der Waals surface area contributed by atoms with Crippen LogP contribution in [0.5, 0.6) is 0 Å². The topological polar surface area (TPSA) is 49.8 Å². The third-order valence-electron chi connectivity index (χ3n) is 2.02. The molecule has 1 unspecified atom stereocenters. The molecule has 0 aliphatic rings. The third kappa shape index (κ3) is 5.95. The molecule has 0 saturated heterocycles. The van der Waals surface area contributed by atoms with Crippen molar-refractivity contribution in [3.05, 3.63) is 28.7 Å². The van der Waals surface area contributed by atoms with Gasteiger partial charge in [0.1, 0.15) is 0 Å². The molecule has 1 aromatic carbocycles. The SMILES string of the molecule is CC(Sc1ccc(Br)cc1)C(=O)N(O)OC(C)(C)C. The standard InChI is InChI=1S/C13H18BrNO3S/c1-9(12(16)15(17)18-13(2,3)4)19-11-7-5-10(14)6-8-11/h5-9,17H,1-4H3. The predicted octanol–water partition coefficient (Wildman–Crippen LogP) is 3.88. The zero-order chi connectivity index (χ0) is 14.6. The van der Waals surface area contributed by atoms with Crippen LogP contribution in [-0.2, 0) is 9.63 Å². The number of thioether (sulfide) groups is 1. The monoisotopic (exact) mass is 347 g/mol. The van der Waals surface area contributed by atoms with Crippen LogP contribution in [0.2, 0.25) is 0 Å². The van der Waals surface area contributed by atoms with E-state index in [9.17, 15) is 10.0 Å². The smallest absolute Gasteiger partial charge is 0.269 e. The van der Waals surface area contributed by atoms with Crippen LogP contribution < -0.4 is 0 Å². The number of nitrogens with zero attached hydrogens (tertiary/aromatic N) is 1. The molecule has 1 N–H and O–H groups in total. The van der Waals surface area contributed by atoms with Crippen molar-refractivity contribution in [3.8, 4) is 0 Å². The quantitative estimate of drug-likeness (QED) is 0.510. The molecule has 4 nitrogen and oxygen atoms in total. The van der Waals surface area contributed by atoms with Crippen LogP contribution in [0.15, 0.2) is 33.6 Å². The van der Waals surface area contributed by atoms with Gasteiger partial charge in [-0.25, -0.2) is 4.84 Å². The molecule has 0 aliphatic carbocycles. The van der Waals surface area contributed by atoms with Gasteiger partial charge in [0.2, 0.25) is 0 Å². The molecule has 1 rings (SSSR count). The van der Waals surface area contributed by atoms with Gasteiger partial charge in [-0.1, -0.05) is 21.2 Å². The van der Waals surface area contributed by atoms with Crippen molar-refractivity contribution >= 4 is 33.6 Å². The van der Waals surface area contributed by atoms with Gasteiger partial charge in [0.05, 0.1) is 10.9 Å². The molecule has 0 bridgehead atoms. The second-order valence-corrected chi connectivity index (χ2v) is 7.36. The van der Waals surface area contributed by atoms with Crippen LogP contribution in [0, 0.1) is 0 Å². The van der Waals surface area contributed by atoms with E-state index in [0.717, 1.165) is 9.37 Å². The largest absolute Gasteiger partial charge is 0.286 e. The molecule has 1 atom stereocenters. The highest BCUT2D eigenvalue weighted by atomic mass is 79.9. The molecule has 0 aliphatic heterocycles. The highest BCUT2D eigenvalue weighted by molar-refractivity contribution is 9.10. The van der Waals surface area contributed by atoms with E-state index < -0.39 is 16.8 Å². The van der Waals surface area contributed by atoms with E-state index in [4.69, 9.17) is 4.84 Å². The molecule has 106 valence electrons. The van der Waals surface area contributed by atoms with Crippen LogP contribution in [0.1, 0.15) is 27.7 Å². The Morgan fingerprint density at radius 1 is 1.37 bits per heavy atom. The molecule has 6 heteroatoms. The van der Waals surface area contributed by atoms with Crippen LogP contribution in [0.3, 0.4) is 0 Å². The maximum Gasteiger partial charge on any atom is 0.286 e. The Balaban J connectivity index is 2.59. The highest BCUT2D eigenvalue weighted by Crippen LogP contribution is 2.26. The number of hydroxylamine groups is 2. The van der Waals surface area contributed by atoms with Gasteiger partial charge < -0.3 is 0 Å². The first-order valence-electron chi connectivity index (χ1n) is 5.83. The van der Waals surface area contributed by atoms with Gasteiger partial charge in [0.25, 0.3) is 5.91 Å². The van der Waals surface area contributed by atoms with Gasteiger partial charge in [0.15, 0.2) is 0 Å². The first-order valence-corrected chi connectivity index (χ1v) is 7.50. The summed E-state index contributed by atoms with van der Waals surface area (Å²) in [6.07, 6.45) is 0. The van der Waals surface area contributed by atoms with E-state index in [0.29, 0.717) is 5.23 Å². The van der Waals surface area contributed by atoms with Crippen molar-refractivity contribution < 1.29 is 14.8 Å². The molecule has 19 heavy (non-hydrogen) atoms. The molecule has 0 radical (unpaired) electrons. The van der Waals surface area contributed by atoms with E-state index in [2.05, 4.69) is 15.9 Å². The lowest BCUT2D eigenvalue weighted by atomic mass is 10.2. The summed E-state index contributed by atoms with van der Waals surface area (Å²) in [4.78, 5) is 18.0. The summed E-state index contributed by atoms with van der Waals surface area (Å²) in [7, 11) is 0. The van der Waals surface area contributed by atoms with Gasteiger partial charge in [0, 0.05) is 9.37 Å². The van der Waals surface area contributed by atoms with E-state index >= 15 is 0 Å².